The molecule has 2 aliphatic rings. The average Bonchev–Trinajstić information content (AvgIpc) is 2.75. The molecule has 2 aromatic carbocycles. The zero-order valence-electron chi connectivity index (χ0n) is 16.9. The standard InChI is InChI=1S/C23H24ClNO5/c1-28-16-6-7-20-17(14-16)19(26)15-23(30-20)9-11-25(12-10-23)22(27)8-13-29-21-5-3-2-4-18(21)24/h2-7,14H,8-13,15H2,1H3. The fraction of sp³-hybridized carbons (Fsp3) is 0.391. The first-order valence-electron chi connectivity index (χ1n) is 10.0. The summed E-state index contributed by atoms with van der Waals surface area (Å²) in [5.74, 6) is 1.90. The highest BCUT2D eigenvalue weighted by atomic mass is 35.5. The molecule has 0 aliphatic carbocycles. The Labute approximate surface area is 180 Å². The lowest BCUT2D eigenvalue weighted by Gasteiger charge is -2.44. The van der Waals surface area contributed by atoms with Crippen molar-refractivity contribution in [2.45, 2.75) is 31.3 Å². The normalized spacial score (nSPS) is 17.3. The summed E-state index contributed by atoms with van der Waals surface area (Å²) in [6, 6.07) is 12.5. The maximum Gasteiger partial charge on any atom is 0.226 e. The number of carbonyl (C=O) groups excluding carboxylic acids is 2. The summed E-state index contributed by atoms with van der Waals surface area (Å²) in [6.07, 6.45) is 1.86. The van der Waals surface area contributed by atoms with Crippen LogP contribution in [0.5, 0.6) is 17.2 Å². The molecule has 6 nitrogen and oxygen atoms in total. The highest BCUT2D eigenvalue weighted by molar-refractivity contribution is 6.32. The number of rotatable bonds is 5. The van der Waals surface area contributed by atoms with Gasteiger partial charge in [0.25, 0.3) is 0 Å². The van der Waals surface area contributed by atoms with E-state index in [0.717, 1.165) is 0 Å². The van der Waals surface area contributed by atoms with E-state index in [1.165, 1.54) is 0 Å². The zero-order valence-corrected chi connectivity index (χ0v) is 17.6. The van der Waals surface area contributed by atoms with Gasteiger partial charge in [-0.25, -0.2) is 0 Å². The number of halogens is 1. The van der Waals surface area contributed by atoms with Gasteiger partial charge in [0.1, 0.15) is 22.8 Å². The molecule has 7 heteroatoms. The number of benzene rings is 2. The summed E-state index contributed by atoms with van der Waals surface area (Å²) in [6.45, 7) is 1.39. The molecule has 0 saturated carbocycles. The maximum atomic E-state index is 12.7. The summed E-state index contributed by atoms with van der Waals surface area (Å²) in [5.41, 5.74) is 0.0268. The lowest BCUT2D eigenvalue weighted by molar-refractivity contribution is -0.135. The number of likely N-dealkylation sites (tertiary alicyclic amines) is 1. The number of Topliss-reactive ketones (excluding diaryl/α,β-unsaturated/α-hetero) is 1. The molecule has 0 bridgehead atoms. The number of amides is 1. The fourth-order valence-corrected chi connectivity index (χ4v) is 4.20. The maximum absolute atomic E-state index is 12.7. The second-order valence-electron chi connectivity index (χ2n) is 7.66. The number of ether oxygens (including phenoxy) is 3. The third kappa shape index (κ3) is 4.24. The van der Waals surface area contributed by atoms with Gasteiger partial charge >= 0.3 is 0 Å². The molecule has 1 amide bonds. The molecule has 0 radical (unpaired) electrons. The Hall–Kier alpha value is -2.73. The number of methoxy groups -OCH3 is 1. The largest absolute Gasteiger partial charge is 0.497 e. The van der Waals surface area contributed by atoms with Crippen LogP contribution in [0.2, 0.25) is 5.02 Å². The number of fused-ring (bicyclic) bond motifs is 1. The first kappa shape index (κ1) is 20.5. The quantitative estimate of drug-likeness (QED) is 0.714. The molecule has 1 spiro atoms. The van der Waals surface area contributed by atoms with Crippen LogP contribution in [0.15, 0.2) is 42.5 Å². The Morgan fingerprint density at radius 2 is 1.97 bits per heavy atom. The summed E-state index contributed by atoms with van der Waals surface area (Å²) in [7, 11) is 1.57. The Kier molecular flexibility index (Phi) is 5.86. The predicted octanol–water partition coefficient (Wildman–Crippen LogP) is 4.14. The van der Waals surface area contributed by atoms with Gasteiger partial charge in [-0.3, -0.25) is 9.59 Å². The van der Waals surface area contributed by atoms with Gasteiger partial charge < -0.3 is 19.1 Å². The molecule has 4 rings (SSSR count). The van der Waals surface area contributed by atoms with Crippen LogP contribution >= 0.6 is 11.6 Å². The van der Waals surface area contributed by atoms with Crippen molar-refractivity contribution in [1.82, 2.24) is 4.90 Å². The van der Waals surface area contributed by atoms with Crippen molar-refractivity contribution < 1.29 is 23.8 Å². The van der Waals surface area contributed by atoms with Gasteiger partial charge in [0.05, 0.1) is 37.1 Å². The second kappa shape index (κ2) is 8.56. The third-order valence-electron chi connectivity index (χ3n) is 5.73. The summed E-state index contributed by atoms with van der Waals surface area (Å²) < 4.78 is 17.1. The smallest absolute Gasteiger partial charge is 0.226 e. The Balaban J connectivity index is 1.31. The van der Waals surface area contributed by atoms with E-state index in [1.807, 2.05) is 17.0 Å². The number of piperidine rings is 1. The van der Waals surface area contributed by atoms with Crippen LogP contribution in [0.1, 0.15) is 36.0 Å². The van der Waals surface area contributed by atoms with Crippen LogP contribution in [-0.4, -0.2) is 49.0 Å². The van der Waals surface area contributed by atoms with Gasteiger partial charge in [0, 0.05) is 25.9 Å². The van der Waals surface area contributed by atoms with E-state index in [9.17, 15) is 9.59 Å². The Bertz CT molecular complexity index is 952. The molecule has 1 fully saturated rings. The predicted molar refractivity (Wildman–Crippen MR) is 113 cm³/mol. The molecule has 0 aromatic heterocycles. The summed E-state index contributed by atoms with van der Waals surface area (Å²) in [5, 5.41) is 0.530. The Morgan fingerprint density at radius 1 is 1.20 bits per heavy atom. The van der Waals surface area contributed by atoms with Crippen molar-refractivity contribution in [2.24, 2.45) is 0 Å². The number of ketones is 1. The molecule has 30 heavy (non-hydrogen) atoms. The number of hydrogen-bond donors (Lipinski definition) is 0. The highest BCUT2D eigenvalue weighted by Crippen LogP contribution is 2.40. The van der Waals surface area contributed by atoms with Crippen molar-refractivity contribution in [3.05, 3.63) is 53.1 Å². The Morgan fingerprint density at radius 3 is 2.70 bits per heavy atom. The fourth-order valence-electron chi connectivity index (χ4n) is 4.01. The van der Waals surface area contributed by atoms with E-state index in [-0.39, 0.29) is 24.7 Å². The molecule has 2 heterocycles. The number of hydrogen-bond acceptors (Lipinski definition) is 5. The second-order valence-corrected chi connectivity index (χ2v) is 8.06. The van der Waals surface area contributed by atoms with Gasteiger partial charge in [-0.2, -0.15) is 0 Å². The van der Waals surface area contributed by atoms with Crippen LogP contribution < -0.4 is 14.2 Å². The summed E-state index contributed by atoms with van der Waals surface area (Å²) >= 11 is 6.07. The number of nitrogens with zero attached hydrogens (tertiary/aromatic N) is 1. The van der Waals surface area contributed by atoms with Crippen LogP contribution in [0.25, 0.3) is 0 Å². The first-order chi connectivity index (χ1) is 14.5. The van der Waals surface area contributed by atoms with Crippen LogP contribution in [0.4, 0.5) is 0 Å². The molecule has 158 valence electrons. The molecule has 2 aliphatic heterocycles. The minimum absolute atomic E-state index is 0.0316. The lowest BCUT2D eigenvalue weighted by atomic mass is 9.82. The molecule has 0 unspecified atom stereocenters. The van der Waals surface area contributed by atoms with E-state index < -0.39 is 5.60 Å². The van der Waals surface area contributed by atoms with Crippen LogP contribution in [0, 0.1) is 0 Å². The number of para-hydroxylation sites is 1. The van der Waals surface area contributed by atoms with Crippen molar-refractivity contribution >= 4 is 23.3 Å². The minimum Gasteiger partial charge on any atom is -0.497 e. The van der Waals surface area contributed by atoms with E-state index in [0.29, 0.717) is 60.2 Å². The molecule has 2 aromatic rings. The molecular formula is C23H24ClNO5. The van der Waals surface area contributed by atoms with E-state index >= 15 is 0 Å². The minimum atomic E-state index is -0.538. The number of carbonyl (C=O) groups is 2. The highest BCUT2D eigenvalue weighted by Gasteiger charge is 2.43. The topological polar surface area (TPSA) is 65.1 Å². The van der Waals surface area contributed by atoms with Gasteiger partial charge in [0.2, 0.25) is 5.91 Å². The van der Waals surface area contributed by atoms with E-state index in [2.05, 4.69) is 0 Å². The zero-order chi connectivity index (χ0) is 21.1. The van der Waals surface area contributed by atoms with Gasteiger partial charge in [0.15, 0.2) is 5.78 Å². The van der Waals surface area contributed by atoms with Gasteiger partial charge in [-0.15, -0.1) is 0 Å². The molecular weight excluding hydrogens is 406 g/mol. The van der Waals surface area contributed by atoms with E-state index in [4.69, 9.17) is 25.8 Å². The molecule has 0 N–H and O–H groups in total. The van der Waals surface area contributed by atoms with Gasteiger partial charge in [-0.05, 0) is 30.3 Å². The monoisotopic (exact) mass is 429 g/mol. The summed E-state index contributed by atoms with van der Waals surface area (Å²) in [4.78, 5) is 27.1. The third-order valence-corrected chi connectivity index (χ3v) is 6.05. The van der Waals surface area contributed by atoms with Crippen molar-refractivity contribution in [3.8, 4) is 17.2 Å². The molecule has 0 atom stereocenters. The van der Waals surface area contributed by atoms with Crippen LogP contribution in [-0.2, 0) is 4.79 Å². The average molecular weight is 430 g/mol. The lowest BCUT2D eigenvalue weighted by Crippen LogP contribution is -2.52. The molecule has 1 saturated heterocycles. The van der Waals surface area contributed by atoms with Gasteiger partial charge in [-0.1, -0.05) is 23.7 Å². The SMILES string of the molecule is COc1ccc2c(c1)C(=O)CC1(CCN(C(=O)CCOc3ccccc3Cl)CC1)O2. The van der Waals surface area contributed by atoms with Crippen molar-refractivity contribution in [3.63, 3.8) is 0 Å². The van der Waals surface area contributed by atoms with Crippen molar-refractivity contribution in [2.75, 3.05) is 26.8 Å². The first-order valence-corrected chi connectivity index (χ1v) is 10.4. The van der Waals surface area contributed by atoms with Crippen molar-refractivity contribution in [1.29, 1.82) is 0 Å². The van der Waals surface area contributed by atoms with E-state index in [1.54, 1.807) is 37.4 Å². The van der Waals surface area contributed by atoms with Crippen LogP contribution in [0.3, 0.4) is 0 Å².